The van der Waals surface area contributed by atoms with Crippen LogP contribution < -0.4 is 0 Å². The van der Waals surface area contributed by atoms with E-state index in [2.05, 4.69) is 29.2 Å². The van der Waals surface area contributed by atoms with Gasteiger partial charge in [0.15, 0.2) is 0 Å². The molecule has 5 nitrogen and oxygen atoms in total. The summed E-state index contributed by atoms with van der Waals surface area (Å²) >= 11 is 1.56. The highest BCUT2D eigenvalue weighted by Crippen LogP contribution is 2.30. The molecule has 148 valence electrons. The van der Waals surface area contributed by atoms with Crippen molar-refractivity contribution in [3.8, 4) is 0 Å². The number of nitrogens with zero attached hydrogens (tertiary/aromatic N) is 3. The van der Waals surface area contributed by atoms with Crippen LogP contribution in [-0.4, -0.2) is 45.7 Å². The van der Waals surface area contributed by atoms with Crippen molar-refractivity contribution in [3.05, 3.63) is 52.5 Å². The molecule has 2 bridgehead atoms. The first kappa shape index (κ1) is 19.1. The van der Waals surface area contributed by atoms with Crippen molar-refractivity contribution in [3.63, 3.8) is 0 Å². The zero-order valence-corrected chi connectivity index (χ0v) is 16.9. The molecule has 0 spiro atoms. The first-order valence-electron chi connectivity index (χ1n) is 10.2. The molecule has 2 atom stereocenters. The lowest BCUT2D eigenvalue weighted by Crippen LogP contribution is -2.47. The van der Waals surface area contributed by atoms with Gasteiger partial charge in [0.05, 0.1) is 23.7 Å². The molecule has 2 amide bonds. The summed E-state index contributed by atoms with van der Waals surface area (Å²) in [6, 6.07) is 10.5. The Morgan fingerprint density at radius 1 is 1.14 bits per heavy atom. The Morgan fingerprint density at radius 3 is 2.79 bits per heavy atom. The predicted octanol–water partition coefficient (Wildman–Crippen LogP) is 3.51. The molecule has 0 radical (unpaired) electrons. The molecule has 3 aliphatic heterocycles. The summed E-state index contributed by atoms with van der Waals surface area (Å²) in [4.78, 5) is 33.9. The average molecular weight is 398 g/mol. The number of fused-ring (bicyclic) bond motifs is 4. The number of hydrogen-bond acceptors (Lipinski definition) is 4. The fourth-order valence-corrected chi connectivity index (χ4v) is 4.90. The minimum Gasteiger partial charge on any atom is -0.340 e. The maximum absolute atomic E-state index is 12.9. The molecule has 1 aromatic heterocycles. The summed E-state index contributed by atoms with van der Waals surface area (Å²) in [5.74, 6) is 0.350. The molecule has 28 heavy (non-hydrogen) atoms. The Bertz CT molecular complexity index is 793. The molecule has 3 aliphatic rings. The molecule has 2 aromatic rings. The number of thiazole rings is 1. The van der Waals surface area contributed by atoms with Crippen molar-refractivity contribution in [1.29, 1.82) is 0 Å². The number of piperidine rings is 1. The molecule has 0 unspecified atom stereocenters. The van der Waals surface area contributed by atoms with Crippen LogP contribution in [0.15, 0.2) is 41.2 Å². The number of hydrogen-bond donors (Lipinski definition) is 0. The number of aromatic nitrogens is 1. The van der Waals surface area contributed by atoms with E-state index in [4.69, 9.17) is 0 Å². The van der Waals surface area contributed by atoms with E-state index in [0.717, 1.165) is 37.8 Å². The van der Waals surface area contributed by atoms with Crippen molar-refractivity contribution >= 4 is 23.2 Å². The number of carbonyl (C=O) groups is 2. The van der Waals surface area contributed by atoms with Gasteiger partial charge in [-0.05, 0) is 37.7 Å². The Kier molecular flexibility index (Phi) is 6.05. The molecule has 4 heterocycles. The van der Waals surface area contributed by atoms with Crippen molar-refractivity contribution < 1.29 is 9.59 Å². The number of carbonyl (C=O) groups excluding carboxylic acids is 2. The molecular formula is C22H27N3O2S. The van der Waals surface area contributed by atoms with Gasteiger partial charge < -0.3 is 9.80 Å². The van der Waals surface area contributed by atoms with Crippen LogP contribution in [0, 0.1) is 5.92 Å². The van der Waals surface area contributed by atoms with Gasteiger partial charge >= 0.3 is 0 Å². The first-order chi connectivity index (χ1) is 13.7. The Hall–Kier alpha value is -2.21. The average Bonchev–Trinajstić information content (AvgIpc) is 3.08. The SMILES string of the molecule is O=C(CCCCc1ccccc1)N1C[C@@H]2CC[C@H](C1)N(Cc1cscn1)C2=O. The van der Waals surface area contributed by atoms with Gasteiger partial charge in [-0.25, -0.2) is 4.98 Å². The fraction of sp³-hybridized carbons (Fsp3) is 0.500. The van der Waals surface area contributed by atoms with Crippen LogP contribution in [0.25, 0.3) is 0 Å². The largest absolute Gasteiger partial charge is 0.340 e. The van der Waals surface area contributed by atoms with Crippen molar-refractivity contribution in [2.75, 3.05) is 13.1 Å². The quantitative estimate of drug-likeness (QED) is 0.672. The lowest BCUT2D eigenvalue weighted by Gasteiger charge is -2.35. The van der Waals surface area contributed by atoms with E-state index in [1.807, 2.05) is 21.2 Å². The summed E-state index contributed by atoms with van der Waals surface area (Å²) in [6.45, 7) is 1.83. The van der Waals surface area contributed by atoms with Crippen LogP contribution >= 0.6 is 11.3 Å². The van der Waals surface area contributed by atoms with Crippen molar-refractivity contribution in [2.45, 2.75) is 51.1 Å². The van der Waals surface area contributed by atoms with Gasteiger partial charge in [0.1, 0.15) is 0 Å². The zero-order valence-electron chi connectivity index (χ0n) is 16.1. The molecule has 3 fully saturated rings. The van der Waals surface area contributed by atoms with E-state index in [0.29, 0.717) is 26.1 Å². The standard InChI is InChI=1S/C22H27N3O2S/c26-21(9-5-4-8-17-6-2-1-3-7-17)24-12-18-10-11-20(14-24)25(22(18)27)13-19-15-28-16-23-19/h1-3,6-7,15-16,18,20H,4-5,8-14H2/t18-,20+/m0/s1. The summed E-state index contributed by atoms with van der Waals surface area (Å²) in [6.07, 6.45) is 5.39. The maximum atomic E-state index is 12.9. The number of aryl methyl sites for hydroxylation is 1. The van der Waals surface area contributed by atoms with Crippen LogP contribution in [0.3, 0.4) is 0 Å². The number of benzene rings is 1. The molecule has 6 heteroatoms. The molecule has 1 aromatic carbocycles. The Morgan fingerprint density at radius 2 is 2.00 bits per heavy atom. The second kappa shape index (κ2) is 8.86. The first-order valence-corrected chi connectivity index (χ1v) is 11.1. The van der Waals surface area contributed by atoms with Gasteiger partial charge in [0, 0.05) is 30.9 Å². The zero-order chi connectivity index (χ0) is 19.3. The smallest absolute Gasteiger partial charge is 0.228 e. The summed E-state index contributed by atoms with van der Waals surface area (Å²) in [7, 11) is 0. The third-order valence-corrected chi connectivity index (χ3v) is 6.55. The van der Waals surface area contributed by atoms with E-state index < -0.39 is 0 Å². The van der Waals surface area contributed by atoms with E-state index in [1.54, 1.807) is 16.8 Å². The number of amides is 2. The second-order valence-corrected chi connectivity index (χ2v) is 8.58. The van der Waals surface area contributed by atoms with Gasteiger partial charge in [-0.15, -0.1) is 11.3 Å². The highest BCUT2D eigenvalue weighted by atomic mass is 32.1. The lowest BCUT2D eigenvalue weighted by molar-refractivity contribution is -0.140. The second-order valence-electron chi connectivity index (χ2n) is 7.87. The van der Waals surface area contributed by atoms with Gasteiger partial charge in [-0.3, -0.25) is 9.59 Å². The Balaban J connectivity index is 1.30. The fourth-order valence-electron chi connectivity index (χ4n) is 4.35. The molecular weight excluding hydrogens is 370 g/mol. The summed E-state index contributed by atoms with van der Waals surface area (Å²) in [5, 5.41) is 2.00. The lowest BCUT2D eigenvalue weighted by atomic mass is 9.94. The summed E-state index contributed by atoms with van der Waals surface area (Å²) in [5.41, 5.74) is 4.08. The van der Waals surface area contributed by atoms with E-state index in [-0.39, 0.29) is 23.8 Å². The van der Waals surface area contributed by atoms with Crippen molar-refractivity contribution in [1.82, 2.24) is 14.8 Å². The predicted molar refractivity (Wildman–Crippen MR) is 110 cm³/mol. The van der Waals surface area contributed by atoms with Crippen LogP contribution in [0.1, 0.15) is 43.4 Å². The Labute approximate surface area is 170 Å². The number of rotatable bonds is 7. The summed E-state index contributed by atoms with van der Waals surface area (Å²) < 4.78 is 0. The molecule has 0 saturated carbocycles. The van der Waals surface area contributed by atoms with Gasteiger partial charge in [-0.1, -0.05) is 30.3 Å². The minimum atomic E-state index is -0.0503. The van der Waals surface area contributed by atoms with Crippen LogP contribution in [0.2, 0.25) is 0 Å². The topological polar surface area (TPSA) is 53.5 Å². The highest BCUT2D eigenvalue weighted by Gasteiger charge is 2.41. The highest BCUT2D eigenvalue weighted by molar-refractivity contribution is 7.07. The third-order valence-electron chi connectivity index (χ3n) is 5.91. The molecule has 0 N–H and O–H groups in total. The third kappa shape index (κ3) is 4.43. The van der Waals surface area contributed by atoms with Crippen LogP contribution in [0.5, 0.6) is 0 Å². The van der Waals surface area contributed by atoms with E-state index >= 15 is 0 Å². The van der Waals surface area contributed by atoms with Gasteiger partial charge in [-0.2, -0.15) is 0 Å². The van der Waals surface area contributed by atoms with Crippen LogP contribution in [-0.2, 0) is 22.6 Å². The minimum absolute atomic E-state index is 0.0503. The number of unbranched alkanes of at least 4 members (excludes halogenated alkanes) is 1. The molecule has 5 rings (SSSR count). The normalized spacial score (nSPS) is 21.8. The molecule has 3 saturated heterocycles. The van der Waals surface area contributed by atoms with Crippen molar-refractivity contribution in [2.24, 2.45) is 5.92 Å². The van der Waals surface area contributed by atoms with Gasteiger partial charge in [0.2, 0.25) is 11.8 Å². The van der Waals surface area contributed by atoms with Gasteiger partial charge in [0.25, 0.3) is 0 Å². The molecule has 0 aliphatic carbocycles. The van der Waals surface area contributed by atoms with E-state index in [9.17, 15) is 9.59 Å². The van der Waals surface area contributed by atoms with Crippen LogP contribution in [0.4, 0.5) is 0 Å². The van der Waals surface area contributed by atoms with E-state index in [1.165, 1.54) is 5.56 Å². The maximum Gasteiger partial charge on any atom is 0.228 e. The monoisotopic (exact) mass is 397 g/mol.